The fourth-order valence-electron chi connectivity index (χ4n) is 4.50. The highest BCUT2D eigenvalue weighted by Gasteiger charge is 2.50. The fraction of sp³-hybridized carbons (Fsp3) is 0.259. The molecule has 2 aliphatic heterocycles. The van der Waals surface area contributed by atoms with Gasteiger partial charge in [-0.1, -0.05) is 48.5 Å². The molecule has 3 aromatic carbocycles. The van der Waals surface area contributed by atoms with Crippen LogP contribution in [-0.2, 0) is 17.9 Å². The number of benzene rings is 3. The van der Waals surface area contributed by atoms with Crippen LogP contribution in [0.5, 0.6) is 5.75 Å². The van der Waals surface area contributed by atoms with Gasteiger partial charge in [0.25, 0.3) is 5.91 Å². The molecule has 0 saturated carbocycles. The van der Waals surface area contributed by atoms with Crippen LogP contribution in [0.4, 0.5) is 9.18 Å². The Hall–Kier alpha value is -3.87. The summed E-state index contributed by atoms with van der Waals surface area (Å²) in [6, 6.07) is 22.9. The standard InChI is InChI=1S/C27H25FN2O4/c28-23-11-9-21(10-12-23)17-33-24-8-4-7-22(15-24)25(31)29-14-13-27(18-29)19-30(26(32)34-27)16-20-5-2-1-3-6-20/h1-12,15H,13-14,16-19H2. The molecule has 0 aromatic heterocycles. The largest absolute Gasteiger partial charge is 0.489 e. The lowest BCUT2D eigenvalue weighted by Crippen LogP contribution is -2.39. The number of hydrogen-bond acceptors (Lipinski definition) is 4. The summed E-state index contributed by atoms with van der Waals surface area (Å²) in [5.41, 5.74) is 1.72. The van der Waals surface area contributed by atoms with Gasteiger partial charge in [-0.05, 0) is 41.5 Å². The number of carbonyl (C=O) groups excluding carboxylic acids is 2. The molecule has 0 aliphatic carbocycles. The average molecular weight is 461 g/mol. The first kappa shape index (κ1) is 21.9. The van der Waals surface area contributed by atoms with Crippen molar-refractivity contribution < 1.29 is 23.5 Å². The maximum Gasteiger partial charge on any atom is 0.410 e. The van der Waals surface area contributed by atoms with Crippen LogP contribution in [0.2, 0.25) is 0 Å². The molecule has 1 spiro atoms. The number of hydrogen-bond donors (Lipinski definition) is 0. The van der Waals surface area contributed by atoms with E-state index in [1.807, 2.05) is 30.3 Å². The third-order valence-corrected chi connectivity index (χ3v) is 6.26. The third-order valence-electron chi connectivity index (χ3n) is 6.26. The molecule has 0 radical (unpaired) electrons. The summed E-state index contributed by atoms with van der Waals surface area (Å²) in [4.78, 5) is 29.1. The van der Waals surface area contributed by atoms with Gasteiger partial charge in [-0.3, -0.25) is 9.69 Å². The van der Waals surface area contributed by atoms with Crippen LogP contribution in [0, 0.1) is 5.82 Å². The van der Waals surface area contributed by atoms with Gasteiger partial charge in [-0.15, -0.1) is 0 Å². The zero-order valence-corrected chi connectivity index (χ0v) is 18.7. The lowest BCUT2D eigenvalue weighted by molar-refractivity contribution is 0.0552. The number of nitrogens with zero attached hydrogens (tertiary/aromatic N) is 2. The SMILES string of the molecule is O=C1OC2(CCN(C(=O)c3cccc(OCc4ccc(F)cc4)c3)C2)CN1Cc1ccccc1. The summed E-state index contributed by atoms with van der Waals surface area (Å²) < 4.78 is 24.6. The molecule has 5 rings (SSSR count). The Labute approximate surface area is 197 Å². The molecular formula is C27H25FN2O4. The van der Waals surface area contributed by atoms with Crippen molar-refractivity contribution in [2.45, 2.75) is 25.2 Å². The van der Waals surface area contributed by atoms with E-state index in [1.54, 1.807) is 46.2 Å². The fourth-order valence-corrected chi connectivity index (χ4v) is 4.50. The molecule has 34 heavy (non-hydrogen) atoms. The van der Waals surface area contributed by atoms with Crippen molar-refractivity contribution in [1.29, 1.82) is 0 Å². The van der Waals surface area contributed by atoms with Gasteiger partial charge in [0.05, 0.1) is 13.1 Å². The number of likely N-dealkylation sites (tertiary alicyclic amines) is 1. The number of carbonyl (C=O) groups is 2. The smallest absolute Gasteiger partial charge is 0.410 e. The molecule has 0 N–H and O–H groups in total. The van der Waals surface area contributed by atoms with Gasteiger partial charge in [0.1, 0.15) is 18.2 Å². The van der Waals surface area contributed by atoms with Gasteiger partial charge in [-0.25, -0.2) is 9.18 Å². The third kappa shape index (κ3) is 4.73. The molecule has 2 aliphatic rings. The number of rotatable bonds is 6. The Morgan fingerprint density at radius 1 is 0.971 bits per heavy atom. The minimum atomic E-state index is -0.668. The molecule has 6 nitrogen and oxygen atoms in total. The van der Waals surface area contributed by atoms with E-state index in [9.17, 15) is 14.0 Å². The van der Waals surface area contributed by atoms with Gasteiger partial charge in [0, 0.05) is 25.1 Å². The highest BCUT2D eigenvalue weighted by atomic mass is 19.1. The van der Waals surface area contributed by atoms with Crippen molar-refractivity contribution in [2.24, 2.45) is 0 Å². The van der Waals surface area contributed by atoms with Gasteiger partial charge < -0.3 is 14.4 Å². The van der Waals surface area contributed by atoms with Crippen molar-refractivity contribution in [3.05, 3.63) is 101 Å². The van der Waals surface area contributed by atoms with Crippen LogP contribution in [0.1, 0.15) is 27.9 Å². The van der Waals surface area contributed by atoms with E-state index in [0.29, 0.717) is 43.9 Å². The van der Waals surface area contributed by atoms with E-state index in [0.717, 1.165) is 11.1 Å². The van der Waals surface area contributed by atoms with Crippen LogP contribution in [0.25, 0.3) is 0 Å². The second-order valence-corrected chi connectivity index (χ2v) is 8.81. The minimum absolute atomic E-state index is 0.123. The Morgan fingerprint density at radius 2 is 1.76 bits per heavy atom. The summed E-state index contributed by atoms with van der Waals surface area (Å²) in [6.07, 6.45) is 0.269. The summed E-state index contributed by atoms with van der Waals surface area (Å²) in [5.74, 6) is 0.142. The van der Waals surface area contributed by atoms with Gasteiger partial charge in [0.2, 0.25) is 0 Å². The normalized spacial score (nSPS) is 19.5. The molecule has 3 aromatic rings. The number of halogens is 1. The topological polar surface area (TPSA) is 59.1 Å². The van der Waals surface area contributed by atoms with Crippen molar-refractivity contribution in [3.8, 4) is 5.75 Å². The van der Waals surface area contributed by atoms with Gasteiger partial charge in [-0.2, -0.15) is 0 Å². The molecule has 0 bridgehead atoms. The number of ether oxygens (including phenoxy) is 2. The molecular weight excluding hydrogens is 435 g/mol. The second-order valence-electron chi connectivity index (χ2n) is 8.81. The van der Waals surface area contributed by atoms with Crippen LogP contribution in [-0.4, -0.2) is 47.0 Å². The second kappa shape index (κ2) is 9.17. The average Bonchev–Trinajstić information content (AvgIpc) is 3.40. The molecule has 2 saturated heterocycles. The first-order valence-corrected chi connectivity index (χ1v) is 11.3. The first-order chi connectivity index (χ1) is 16.5. The van der Waals surface area contributed by atoms with Crippen molar-refractivity contribution in [2.75, 3.05) is 19.6 Å². The highest BCUT2D eigenvalue weighted by Crippen LogP contribution is 2.34. The van der Waals surface area contributed by atoms with E-state index < -0.39 is 5.60 Å². The van der Waals surface area contributed by atoms with Crippen LogP contribution in [0.15, 0.2) is 78.9 Å². The van der Waals surface area contributed by atoms with Crippen LogP contribution >= 0.6 is 0 Å². The van der Waals surface area contributed by atoms with Gasteiger partial charge >= 0.3 is 6.09 Å². The van der Waals surface area contributed by atoms with Crippen molar-refractivity contribution in [1.82, 2.24) is 9.80 Å². The maximum atomic E-state index is 13.2. The molecule has 1 atom stereocenters. The summed E-state index contributed by atoms with van der Waals surface area (Å²) >= 11 is 0. The Bertz CT molecular complexity index is 1180. The van der Waals surface area contributed by atoms with Crippen LogP contribution < -0.4 is 4.74 Å². The Balaban J connectivity index is 1.21. The van der Waals surface area contributed by atoms with E-state index in [4.69, 9.17) is 9.47 Å². The highest BCUT2D eigenvalue weighted by molar-refractivity contribution is 5.95. The molecule has 2 heterocycles. The Morgan fingerprint density at radius 3 is 2.56 bits per heavy atom. The van der Waals surface area contributed by atoms with E-state index in [2.05, 4.69) is 0 Å². The van der Waals surface area contributed by atoms with E-state index in [1.165, 1.54) is 12.1 Å². The quantitative estimate of drug-likeness (QED) is 0.538. The molecule has 2 fully saturated rings. The van der Waals surface area contributed by atoms with Crippen molar-refractivity contribution >= 4 is 12.0 Å². The summed E-state index contributed by atoms with van der Waals surface area (Å²) in [5, 5.41) is 0. The van der Waals surface area contributed by atoms with Crippen LogP contribution in [0.3, 0.4) is 0 Å². The maximum absolute atomic E-state index is 13.2. The van der Waals surface area contributed by atoms with Crippen molar-refractivity contribution in [3.63, 3.8) is 0 Å². The van der Waals surface area contributed by atoms with Gasteiger partial charge in [0.15, 0.2) is 5.60 Å². The summed E-state index contributed by atoms with van der Waals surface area (Å²) in [6.45, 7) is 2.11. The molecule has 2 amide bonds. The Kier molecular flexibility index (Phi) is 5.92. The van der Waals surface area contributed by atoms with E-state index in [-0.39, 0.29) is 24.4 Å². The minimum Gasteiger partial charge on any atom is -0.489 e. The predicted molar refractivity (Wildman–Crippen MR) is 124 cm³/mol. The summed E-state index contributed by atoms with van der Waals surface area (Å²) in [7, 11) is 0. The molecule has 174 valence electrons. The van der Waals surface area contributed by atoms with E-state index >= 15 is 0 Å². The zero-order chi connectivity index (χ0) is 23.5. The first-order valence-electron chi connectivity index (χ1n) is 11.3. The molecule has 7 heteroatoms. The zero-order valence-electron chi connectivity index (χ0n) is 18.7. The monoisotopic (exact) mass is 460 g/mol. The molecule has 1 unspecified atom stereocenters. The predicted octanol–water partition coefficient (Wildman–Crippen LogP) is 4.64. The lowest BCUT2D eigenvalue weighted by atomic mass is 10.0. The lowest BCUT2D eigenvalue weighted by Gasteiger charge is -2.22. The number of amides is 2.